The Morgan fingerprint density at radius 2 is 1.93 bits per heavy atom. The molecule has 1 aliphatic rings. The summed E-state index contributed by atoms with van der Waals surface area (Å²) in [7, 11) is -1.13. The Morgan fingerprint density at radius 3 is 2.56 bits per heavy atom. The summed E-state index contributed by atoms with van der Waals surface area (Å²) in [5.41, 5.74) is 0.728. The number of aliphatic imine (C=N–C) groups is 1. The lowest BCUT2D eigenvalue weighted by atomic mass is 10.1. The zero-order valence-electron chi connectivity index (χ0n) is 14.0. The van der Waals surface area contributed by atoms with Crippen molar-refractivity contribution >= 4 is 68.7 Å². The SMILES string of the molecule is O=C(S)NC(C1=NC(CS(=O)c2ccccc2)CS1)c1cc(Cl)cc(Cl)c1. The van der Waals surface area contributed by atoms with Crippen LogP contribution in [0.25, 0.3) is 0 Å². The Bertz CT molecular complexity index is 873. The lowest BCUT2D eigenvalue weighted by Gasteiger charge is -2.18. The van der Waals surface area contributed by atoms with E-state index in [1.807, 2.05) is 30.3 Å². The standard InChI is InChI=1S/C18H16Cl2N2O2S3/c19-12-6-11(7-13(20)8-12)16(22-18(23)25)17-21-14(9-26-17)10-27(24)15-4-2-1-3-5-15/h1-8,14,16H,9-10H2,(H2,22,23,25). The fourth-order valence-corrected chi connectivity index (χ4v) is 5.83. The average Bonchev–Trinajstić information content (AvgIpc) is 3.07. The minimum atomic E-state index is -1.13. The molecule has 27 heavy (non-hydrogen) atoms. The van der Waals surface area contributed by atoms with Gasteiger partial charge in [-0.3, -0.25) is 14.0 Å². The van der Waals surface area contributed by atoms with E-state index in [9.17, 15) is 9.00 Å². The van der Waals surface area contributed by atoms with Crippen LogP contribution in [0, 0.1) is 0 Å². The van der Waals surface area contributed by atoms with Crippen molar-refractivity contribution in [1.82, 2.24) is 5.32 Å². The van der Waals surface area contributed by atoms with Gasteiger partial charge in [0.1, 0.15) is 6.04 Å². The molecule has 0 saturated carbocycles. The molecule has 0 bridgehead atoms. The molecule has 2 aromatic carbocycles. The molecule has 3 rings (SSSR count). The molecule has 0 aliphatic carbocycles. The molecule has 0 radical (unpaired) electrons. The number of halogens is 2. The quantitative estimate of drug-likeness (QED) is 0.598. The van der Waals surface area contributed by atoms with Gasteiger partial charge in [-0.05, 0) is 35.9 Å². The van der Waals surface area contributed by atoms with Crippen molar-refractivity contribution in [2.45, 2.75) is 17.0 Å². The molecule has 3 unspecified atom stereocenters. The summed E-state index contributed by atoms with van der Waals surface area (Å²) >= 11 is 17.6. The Labute approximate surface area is 180 Å². The van der Waals surface area contributed by atoms with E-state index in [4.69, 9.17) is 28.2 Å². The molecule has 142 valence electrons. The summed E-state index contributed by atoms with van der Waals surface area (Å²) < 4.78 is 12.5. The normalized spacial score (nSPS) is 18.6. The van der Waals surface area contributed by atoms with Gasteiger partial charge in [0.25, 0.3) is 5.24 Å². The predicted octanol–water partition coefficient (Wildman–Crippen LogP) is 5.00. The number of nitrogens with one attached hydrogen (secondary N) is 1. The van der Waals surface area contributed by atoms with Crippen LogP contribution in [0.3, 0.4) is 0 Å². The van der Waals surface area contributed by atoms with Crippen molar-refractivity contribution in [3.63, 3.8) is 0 Å². The van der Waals surface area contributed by atoms with E-state index in [1.54, 1.807) is 18.2 Å². The van der Waals surface area contributed by atoms with Crippen LogP contribution in [0.5, 0.6) is 0 Å². The highest BCUT2D eigenvalue weighted by Gasteiger charge is 2.28. The van der Waals surface area contributed by atoms with Gasteiger partial charge in [-0.25, -0.2) is 0 Å². The van der Waals surface area contributed by atoms with Crippen molar-refractivity contribution in [1.29, 1.82) is 0 Å². The van der Waals surface area contributed by atoms with Crippen molar-refractivity contribution in [3.8, 4) is 0 Å². The number of nitrogens with zero attached hydrogens (tertiary/aromatic N) is 1. The van der Waals surface area contributed by atoms with Gasteiger partial charge in [0.15, 0.2) is 0 Å². The van der Waals surface area contributed by atoms with Gasteiger partial charge < -0.3 is 5.32 Å². The second-order valence-electron chi connectivity index (χ2n) is 5.84. The first-order valence-electron chi connectivity index (χ1n) is 8.02. The zero-order valence-corrected chi connectivity index (χ0v) is 18.0. The fraction of sp³-hybridized carbons (Fsp3) is 0.222. The highest BCUT2D eigenvalue weighted by Crippen LogP contribution is 2.32. The van der Waals surface area contributed by atoms with Gasteiger partial charge in [0, 0.05) is 20.7 Å². The summed E-state index contributed by atoms with van der Waals surface area (Å²) in [6.07, 6.45) is 0. The summed E-state index contributed by atoms with van der Waals surface area (Å²) in [5.74, 6) is 1.12. The zero-order chi connectivity index (χ0) is 19.4. The van der Waals surface area contributed by atoms with E-state index < -0.39 is 22.1 Å². The van der Waals surface area contributed by atoms with E-state index in [2.05, 4.69) is 17.9 Å². The summed E-state index contributed by atoms with van der Waals surface area (Å²) in [5, 5.41) is 3.98. The Kier molecular flexibility index (Phi) is 7.28. The first-order chi connectivity index (χ1) is 12.9. The topological polar surface area (TPSA) is 58.5 Å². The smallest absolute Gasteiger partial charge is 0.276 e. The first kappa shape index (κ1) is 20.7. The van der Waals surface area contributed by atoms with Crippen LogP contribution in [0.1, 0.15) is 11.6 Å². The fourth-order valence-electron chi connectivity index (χ4n) is 2.68. The third kappa shape index (κ3) is 5.74. The molecule has 0 spiro atoms. The Hall–Kier alpha value is -0.990. The molecule has 1 amide bonds. The van der Waals surface area contributed by atoms with E-state index in [1.165, 1.54) is 11.8 Å². The number of thioether (sulfide) groups is 1. The van der Waals surface area contributed by atoms with Crippen LogP contribution in [-0.4, -0.2) is 32.0 Å². The minimum Gasteiger partial charge on any atom is -0.334 e. The molecule has 0 saturated heterocycles. The van der Waals surface area contributed by atoms with Gasteiger partial charge in [0.2, 0.25) is 0 Å². The number of benzene rings is 2. The van der Waals surface area contributed by atoms with Crippen LogP contribution < -0.4 is 5.32 Å². The number of thiol groups is 1. The van der Waals surface area contributed by atoms with Crippen LogP contribution in [-0.2, 0) is 10.8 Å². The summed E-state index contributed by atoms with van der Waals surface area (Å²) in [6, 6.07) is 13.8. The highest BCUT2D eigenvalue weighted by molar-refractivity contribution is 8.14. The molecular formula is C18H16Cl2N2O2S3. The van der Waals surface area contributed by atoms with E-state index in [0.717, 1.165) is 15.5 Å². The molecule has 2 aromatic rings. The molecule has 3 atom stereocenters. The number of amides is 1. The van der Waals surface area contributed by atoms with Crippen LogP contribution in [0.2, 0.25) is 10.0 Å². The van der Waals surface area contributed by atoms with Gasteiger partial charge in [-0.15, -0.1) is 11.8 Å². The monoisotopic (exact) mass is 458 g/mol. The number of carbonyl (C=O) groups excluding carboxylic acids is 1. The maximum atomic E-state index is 12.5. The van der Waals surface area contributed by atoms with Gasteiger partial charge in [-0.2, -0.15) is 0 Å². The van der Waals surface area contributed by atoms with Gasteiger partial charge >= 0.3 is 0 Å². The highest BCUT2D eigenvalue weighted by atomic mass is 35.5. The molecule has 0 fully saturated rings. The number of rotatable bonds is 6. The lowest BCUT2D eigenvalue weighted by Crippen LogP contribution is -2.28. The maximum absolute atomic E-state index is 12.5. The van der Waals surface area contributed by atoms with E-state index in [0.29, 0.717) is 21.6 Å². The van der Waals surface area contributed by atoms with Crippen LogP contribution in [0.15, 0.2) is 58.4 Å². The number of hydrogen-bond acceptors (Lipinski definition) is 4. The van der Waals surface area contributed by atoms with E-state index in [-0.39, 0.29) is 6.04 Å². The average molecular weight is 459 g/mol. The maximum Gasteiger partial charge on any atom is 0.276 e. The molecule has 9 heteroatoms. The molecular weight excluding hydrogens is 443 g/mol. The van der Waals surface area contributed by atoms with Gasteiger partial charge in [-0.1, -0.05) is 54.0 Å². The largest absolute Gasteiger partial charge is 0.334 e. The molecule has 0 aromatic heterocycles. The second kappa shape index (κ2) is 9.47. The number of carbonyl (C=O) groups is 1. The van der Waals surface area contributed by atoms with Crippen molar-refractivity contribution in [2.24, 2.45) is 4.99 Å². The first-order valence-corrected chi connectivity index (χ1v) is 11.5. The third-order valence-corrected chi connectivity index (χ3v) is 7.06. The van der Waals surface area contributed by atoms with Gasteiger partial charge in [0.05, 0.1) is 27.6 Å². The van der Waals surface area contributed by atoms with Crippen molar-refractivity contribution < 1.29 is 9.00 Å². The number of hydrogen-bond donors (Lipinski definition) is 2. The predicted molar refractivity (Wildman–Crippen MR) is 118 cm³/mol. The van der Waals surface area contributed by atoms with Crippen LogP contribution in [0.4, 0.5) is 4.79 Å². The van der Waals surface area contributed by atoms with Crippen LogP contribution >= 0.6 is 47.6 Å². The second-order valence-corrected chi connectivity index (χ2v) is 9.66. The van der Waals surface area contributed by atoms with E-state index >= 15 is 0 Å². The van der Waals surface area contributed by atoms with Crippen molar-refractivity contribution in [2.75, 3.05) is 11.5 Å². The summed E-state index contributed by atoms with van der Waals surface area (Å²) in [4.78, 5) is 17.1. The Balaban J connectivity index is 1.80. The minimum absolute atomic E-state index is 0.0972. The molecule has 4 nitrogen and oxygen atoms in total. The molecule has 1 N–H and O–H groups in total. The molecule has 1 heterocycles. The van der Waals surface area contributed by atoms with Crippen molar-refractivity contribution in [3.05, 3.63) is 64.1 Å². The third-order valence-electron chi connectivity index (χ3n) is 3.82. The molecule has 1 aliphatic heterocycles. The Morgan fingerprint density at radius 1 is 1.26 bits per heavy atom. The summed E-state index contributed by atoms with van der Waals surface area (Å²) in [6.45, 7) is 0. The lowest BCUT2D eigenvalue weighted by molar-refractivity contribution is 0.260.